The molecule has 21 heavy (non-hydrogen) atoms. The van der Waals surface area contributed by atoms with Gasteiger partial charge in [-0.1, -0.05) is 6.07 Å². The fraction of sp³-hybridized carbons (Fsp3) is 0.250. The fourth-order valence-corrected chi connectivity index (χ4v) is 1.72. The van der Waals surface area contributed by atoms with Gasteiger partial charge in [0.25, 0.3) is 0 Å². The summed E-state index contributed by atoms with van der Waals surface area (Å²) in [5, 5.41) is 2.83. The third-order valence-electron chi connectivity index (χ3n) is 2.94. The molecule has 0 atom stereocenters. The Morgan fingerprint density at radius 3 is 2.67 bits per heavy atom. The average Bonchev–Trinajstić information content (AvgIpc) is 2.49. The number of aromatic nitrogens is 1. The van der Waals surface area contributed by atoms with Gasteiger partial charge in [0.15, 0.2) is 0 Å². The van der Waals surface area contributed by atoms with Gasteiger partial charge in [-0.3, -0.25) is 9.78 Å². The first kappa shape index (κ1) is 14.8. The first-order chi connectivity index (χ1) is 10.1. The Morgan fingerprint density at radius 1 is 1.24 bits per heavy atom. The smallest absolute Gasteiger partial charge is 0.223 e. The second-order valence-corrected chi connectivity index (χ2v) is 4.75. The number of hydrogen-bond acceptors (Lipinski definition) is 4. The van der Waals surface area contributed by atoms with E-state index in [9.17, 15) is 4.79 Å². The number of hydrogen-bond donors (Lipinski definition) is 2. The summed E-state index contributed by atoms with van der Waals surface area (Å²) in [6, 6.07) is 11.0. The second kappa shape index (κ2) is 7.28. The Hall–Kier alpha value is -2.56. The maximum atomic E-state index is 11.7. The van der Waals surface area contributed by atoms with Gasteiger partial charge < -0.3 is 15.8 Å². The number of pyridine rings is 1. The number of rotatable bonds is 6. The van der Waals surface area contributed by atoms with E-state index in [1.54, 1.807) is 30.5 Å². The van der Waals surface area contributed by atoms with Crippen molar-refractivity contribution in [3.8, 4) is 5.75 Å². The predicted molar refractivity (Wildman–Crippen MR) is 81.8 cm³/mol. The zero-order valence-electron chi connectivity index (χ0n) is 12.0. The highest BCUT2D eigenvalue weighted by Gasteiger charge is 2.02. The molecule has 1 aromatic heterocycles. The number of nitrogens with one attached hydrogen (secondary N) is 1. The van der Waals surface area contributed by atoms with Crippen molar-refractivity contribution < 1.29 is 9.53 Å². The minimum Gasteiger partial charge on any atom is -0.493 e. The predicted octanol–water partition coefficient (Wildman–Crippen LogP) is 2.06. The first-order valence-electron chi connectivity index (χ1n) is 6.80. The minimum absolute atomic E-state index is 0.0500. The standard InChI is InChI=1S/C16H19N3O2/c1-12-2-3-13(10-18-12)11-19-16(20)8-9-21-15-6-4-14(17)5-7-15/h2-7,10H,8-9,11,17H2,1H3,(H,19,20). The molecule has 1 heterocycles. The number of nitrogen functional groups attached to an aromatic ring is 1. The Balaban J connectivity index is 1.67. The van der Waals surface area contributed by atoms with Crippen LogP contribution in [0.5, 0.6) is 5.75 Å². The van der Waals surface area contributed by atoms with E-state index in [-0.39, 0.29) is 5.91 Å². The molecule has 5 nitrogen and oxygen atoms in total. The number of amides is 1. The number of ether oxygens (including phenoxy) is 1. The summed E-state index contributed by atoms with van der Waals surface area (Å²) < 4.78 is 5.47. The molecular formula is C16H19N3O2. The molecule has 0 radical (unpaired) electrons. The zero-order chi connectivity index (χ0) is 15.1. The molecule has 0 bridgehead atoms. The highest BCUT2D eigenvalue weighted by Crippen LogP contribution is 2.13. The van der Waals surface area contributed by atoms with Crippen LogP contribution < -0.4 is 15.8 Å². The number of carbonyl (C=O) groups is 1. The summed E-state index contributed by atoms with van der Waals surface area (Å²) in [6.45, 7) is 2.74. The van der Waals surface area contributed by atoms with Crippen molar-refractivity contribution in [2.45, 2.75) is 19.9 Å². The lowest BCUT2D eigenvalue weighted by Crippen LogP contribution is -2.24. The van der Waals surface area contributed by atoms with E-state index >= 15 is 0 Å². The molecule has 0 saturated heterocycles. The van der Waals surface area contributed by atoms with Gasteiger partial charge in [0, 0.05) is 24.1 Å². The number of carbonyl (C=O) groups excluding carboxylic acids is 1. The molecular weight excluding hydrogens is 266 g/mol. The van der Waals surface area contributed by atoms with Gasteiger partial charge in [-0.15, -0.1) is 0 Å². The second-order valence-electron chi connectivity index (χ2n) is 4.75. The van der Waals surface area contributed by atoms with Crippen molar-refractivity contribution in [3.63, 3.8) is 0 Å². The van der Waals surface area contributed by atoms with Crippen LogP contribution in [0.2, 0.25) is 0 Å². The van der Waals surface area contributed by atoms with Crippen LogP contribution in [0.1, 0.15) is 17.7 Å². The van der Waals surface area contributed by atoms with Gasteiger partial charge >= 0.3 is 0 Å². The minimum atomic E-state index is -0.0500. The number of aryl methyl sites for hydroxylation is 1. The Labute approximate surface area is 124 Å². The highest BCUT2D eigenvalue weighted by molar-refractivity contribution is 5.75. The number of nitrogens with two attached hydrogens (primary N) is 1. The summed E-state index contributed by atoms with van der Waals surface area (Å²) in [6.07, 6.45) is 2.07. The van der Waals surface area contributed by atoms with E-state index in [0.29, 0.717) is 31.0 Å². The number of anilines is 1. The van der Waals surface area contributed by atoms with Gasteiger partial charge in [-0.25, -0.2) is 0 Å². The molecule has 2 aromatic rings. The van der Waals surface area contributed by atoms with Crippen LogP contribution in [0.4, 0.5) is 5.69 Å². The van der Waals surface area contributed by atoms with Gasteiger partial charge in [0.1, 0.15) is 5.75 Å². The fourth-order valence-electron chi connectivity index (χ4n) is 1.72. The molecule has 1 aromatic carbocycles. The number of nitrogens with zero attached hydrogens (tertiary/aromatic N) is 1. The molecule has 0 aliphatic rings. The van der Waals surface area contributed by atoms with Crippen LogP contribution in [0.15, 0.2) is 42.6 Å². The Bertz CT molecular complexity index is 579. The molecule has 0 aliphatic carbocycles. The average molecular weight is 285 g/mol. The lowest BCUT2D eigenvalue weighted by atomic mass is 10.2. The summed E-state index contributed by atoms with van der Waals surface area (Å²) in [5.74, 6) is 0.658. The molecule has 0 fully saturated rings. The molecule has 2 rings (SSSR count). The van der Waals surface area contributed by atoms with Crippen molar-refractivity contribution in [1.82, 2.24) is 10.3 Å². The normalized spacial score (nSPS) is 10.1. The largest absolute Gasteiger partial charge is 0.493 e. The van der Waals surface area contributed by atoms with Crippen molar-refractivity contribution in [2.75, 3.05) is 12.3 Å². The Morgan fingerprint density at radius 2 is 2.00 bits per heavy atom. The van der Waals surface area contributed by atoms with Crippen LogP contribution in [0, 0.1) is 6.92 Å². The van der Waals surface area contributed by atoms with E-state index in [1.807, 2.05) is 19.1 Å². The van der Waals surface area contributed by atoms with E-state index in [1.165, 1.54) is 0 Å². The summed E-state index contributed by atoms with van der Waals surface area (Å²) in [4.78, 5) is 15.9. The highest BCUT2D eigenvalue weighted by atomic mass is 16.5. The van der Waals surface area contributed by atoms with Gasteiger partial charge in [0.05, 0.1) is 13.0 Å². The Kier molecular flexibility index (Phi) is 5.15. The van der Waals surface area contributed by atoms with E-state index in [4.69, 9.17) is 10.5 Å². The monoisotopic (exact) mass is 285 g/mol. The lowest BCUT2D eigenvalue weighted by Gasteiger charge is -2.07. The maximum Gasteiger partial charge on any atom is 0.223 e. The molecule has 0 aliphatic heterocycles. The third-order valence-corrected chi connectivity index (χ3v) is 2.94. The maximum absolute atomic E-state index is 11.7. The molecule has 1 amide bonds. The van der Waals surface area contributed by atoms with E-state index in [0.717, 1.165) is 11.3 Å². The van der Waals surface area contributed by atoms with Crippen molar-refractivity contribution in [3.05, 3.63) is 53.9 Å². The van der Waals surface area contributed by atoms with Crippen LogP contribution in [-0.4, -0.2) is 17.5 Å². The molecule has 5 heteroatoms. The van der Waals surface area contributed by atoms with Crippen molar-refractivity contribution in [2.24, 2.45) is 0 Å². The van der Waals surface area contributed by atoms with Gasteiger partial charge in [-0.2, -0.15) is 0 Å². The summed E-state index contributed by atoms with van der Waals surface area (Å²) in [5.41, 5.74) is 8.21. The van der Waals surface area contributed by atoms with Crippen LogP contribution in [0.25, 0.3) is 0 Å². The SMILES string of the molecule is Cc1ccc(CNC(=O)CCOc2ccc(N)cc2)cn1. The van der Waals surface area contributed by atoms with Gasteiger partial charge in [-0.05, 0) is 42.8 Å². The van der Waals surface area contributed by atoms with Gasteiger partial charge in [0.2, 0.25) is 5.91 Å². The first-order valence-corrected chi connectivity index (χ1v) is 6.80. The van der Waals surface area contributed by atoms with Crippen LogP contribution in [-0.2, 0) is 11.3 Å². The zero-order valence-corrected chi connectivity index (χ0v) is 12.0. The quantitative estimate of drug-likeness (QED) is 0.796. The molecule has 110 valence electrons. The van der Waals surface area contributed by atoms with Crippen molar-refractivity contribution in [1.29, 1.82) is 0 Å². The van der Waals surface area contributed by atoms with Crippen molar-refractivity contribution >= 4 is 11.6 Å². The molecule has 0 spiro atoms. The number of benzene rings is 1. The topological polar surface area (TPSA) is 77.2 Å². The molecule has 3 N–H and O–H groups in total. The molecule has 0 unspecified atom stereocenters. The molecule has 0 saturated carbocycles. The van der Waals surface area contributed by atoms with E-state index in [2.05, 4.69) is 10.3 Å². The lowest BCUT2D eigenvalue weighted by molar-refractivity contribution is -0.121. The third kappa shape index (κ3) is 5.14. The summed E-state index contributed by atoms with van der Waals surface area (Å²) in [7, 11) is 0. The summed E-state index contributed by atoms with van der Waals surface area (Å²) >= 11 is 0. The van der Waals surface area contributed by atoms with Crippen LogP contribution in [0.3, 0.4) is 0 Å². The van der Waals surface area contributed by atoms with E-state index < -0.39 is 0 Å². The van der Waals surface area contributed by atoms with Crippen LogP contribution >= 0.6 is 0 Å².